The molecular formula is C22H32N8O. The first kappa shape index (κ1) is 22.6. The van der Waals surface area contributed by atoms with E-state index in [4.69, 9.17) is 9.73 Å². The number of nitrogens with zero attached hydrogens (tertiary/aromatic N) is 6. The second kappa shape index (κ2) is 11.3. The number of benzene rings is 1. The Bertz CT molecular complexity index is 916. The van der Waals surface area contributed by atoms with Crippen LogP contribution in [-0.4, -0.2) is 60.1 Å². The average molecular weight is 425 g/mol. The number of aryl methyl sites for hydroxylation is 1. The van der Waals surface area contributed by atoms with E-state index in [1.54, 1.807) is 7.11 Å². The Labute approximate surface area is 184 Å². The van der Waals surface area contributed by atoms with Crippen LogP contribution in [-0.2, 0) is 18.3 Å². The molecule has 1 aliphatic heterocycles. The van der Waals surface area contributed by atoms with Crippen LogP contribution in [0.3, 0.4) is 0 Å². The molecule has 0 spiro atoms. The lowest BCUT2D eigenvalue weighted by Gasteiger charge is -2.35. The topological polar surface area (TPSA) is 103 Å². The minimum atomic E-state index is 0.232. The van der Waals surface area contributed by atoms with Gasteiger partial charge in [0.25, 0.3) is 0 Å². The zero-order chi connectivity index (χ0) is 22.1. The van der Waals surface area contributed by atoms with E-state index in [9.17, 15) is 5.26 Å². The Balaban J connectivity index is 1.68. The van der Waals surface area contributed by atoms with Crippen LogP contribution in [0.4, 0.5) is 5.69 Å². The van der Waals surface area contributed by atoms with Crippen molar-refractivity contribution in [2.75, 3.05) is 38.3 Å². The molecule has 31 heavy (non-hydrogen) atoms. The summed E-state index contributed by atoms with van der Waals surface area (Å²) >= 11 is 0. The number of para-hydroxylation sites is 1. The third-order valence-electron chi connectivity index (χ3n) is 5.51. The van der Waals surface area contributed by atoms with Crippen LogP contribution in [0.1, 0.15) is 36.5 Å². The SMILES string of the molecule is COCCCNC(=NCc1nnc(C)n1C)NC1CCCN(c2ccccc2C#N)C1. The second-order valence-electron chi connectivity index (χ2n) is 7.72. The Hall–Kier alpha value is -3.12. The summed E-state index contributed by atoms with van der Waals surface area (Å²) in [5, 5.41) is 24.8. The van der Waals surface area contributed by atoms with Crippen molar-refractivity contribution in [2.24, 2.45) is 12.0 Å². The molecule has 2 aromatic rings. The fourth-order valence-electron chi connectivity index (χ4n) is 3.67. The molecule has 1 aromatic carbocycles. The third kappa shape index (κ3) is 6.18. The number of nitrogens with one attached hydrogen (secondary N) is 2. The number of anilines is 1. The van der Waals surface area contributed by atoms with Gasteiger partial charge < -0.3 is 24.8 Å². The number of piperidine rings is 1. The molecule has 0 saturated carbocycles. The van der Waals surface area contributed by atoms with Crippen molar-refractivity contribution in [3.8, 4) is 6.07 Å². The molecule has 2 heterocycles. The van der Waals surface area contributed by atoms with Crippen LogP contribution in [0.5, 0.6) is 0 Å². The molecule has 9 nitrogen and oxygen atoms in total. The van der Waals surface area contributed by atoms with Crippen LogP contribution in [0, 0.1) is 18.3 Å². The fraction of sp³-hybridized carbons (Fsp3) is 0.545. The third-order valence-corrected chi connectivity index (χ3v) is 5.51. The molecule has 0 amide bonds. The lowest BCUT2D eigenvalue weighted by Crippen LogP contribution is -2.51. The van der Waals surface area contributed by atoms with Gasteiger partial charge in [0.05, 0.1) is 11.3 Å². The van der Waals surface area contributed by atoms with Crippen molar-refractivity contribution >= 4 is 11.6 Å². The van der Waals surface area contributed by atoms with E-state index >= 15 is 0 Å². The van der Waals surface area contributed by atoms with Crippen LogP contribution >= 0.6 is 0 Å². The molecule has 166 valence electrons. The van der Waals surface area contributed by atoms with Gasteiger partial charge in [-0.05, 0) is 38.3 Å². The molecule has 0 radical (unpaired) electrons. The summed E-state index contributed by atoms with van der Waals surface area (Å²) in [6, 6.07) is 10.3. The fourth-order valence-corrected chi connectivity index (χ4v) is 3.67. The molecule has 0 bridgehead atoms. The lowest BCUT2D eigenvalue weighted by molar-refractivity contribution is 0.195. The molecule has 1 aromatic heterocycles. The highest BCUT2D eigenvalue weighted by Crippen LogP contribution is 2.23. The van der Waals surface area contributed by atoms with E-state index in [0.29, 0.717) is 18.7 Å². The molecule has 0 aliphatic carbocycles. The quantitative estimate of drug-likeness (QED) is 0.378. The van der Waals surface area contributed by atoms with Gasteiger partial charge in [0.15, 0.2) is 11.8 Å². The number of hydrogen-bond acceptors (Lipinski definition) is 6. The van der Waals surface area contributed by atoms with Crippen LogP contribution in [0.25, 0.3) is 0 Å². The maximum absolute atomic E-state index is 9.46. The minimum Gasteiger partial charge on any atom is -0.385 e. The van der Waals surface area contributed by atoms with E-state index in [1.807, 2.05) is 42.8 Å². The first-order valence-corrected chi connectivity index (χ1v) is 10.7. The zero-order valence-electron chi connectivity index (χ0n) is 18.6. The summed E-state index contributed by atoms with van der Waals surface area (Å²) in [7, 11) is 3.66. The predicted octanol–water partition coefficient (Wildman–Crippen LogP) is 1.74. The first-order valence-electron chi connectivity index (χ1n) is 10.7. The van der Waals surface area contributed by atoms with Gasteiger partial charge in [-0.3, -0.25) is 0 Å². The van der Waals surface area contributed by atoms with Gasteiger partial charge in [-0.2, -0.15) is 5.26 Å². The van der Waals surface area contributed by atoms with Crippen molar-refractivity contribution in [1.82, 2.24) is 25.4 Å². The van der Waals surface area contributed by atoms with Crippen molar-refractivity contribution in [3.05, 3.63) is 41.5 Å². The summed E-state index contributed by atoms with van der Waals surface area (Å²) < 4.78 is 7.10. The molecule has 1 aliphatic rings. The molecule has 3 rings (SSSR count). The van der Waals surface area contributed by atoms with E-state index < -0.39 is 0 Å². The smallest absolute Gasteiger partial charge is 0.191 e. The molecule has 1 fully saturated rings. The van der Waals surface area contributed by atoms with Crippen molar-refractivity contribution in [2.45, 2.75) is 38.8 Å². The van der Waals surface area contributed by atoms with Crippen molar-refractivity contribution < 1.29 is 4.74 Å². The largest absolute Gasteiger partial charge is 0.385 e. The highest BCUT2D eigenvalue weighted by atomic mass is 16.5. The number of methoxy groups -OCH3 is 1. The van der Waals surface area contributed by atoms with E-state index in [-0.39, 0.29) is 6.04 Å². The number of rotatable bonds is 8. The number of nitriles is 1. The zero-order valence-corrected chi connectivity index (χ0v) is 18.6. The summed E-state index contributed by atoms with van der Waals surface area (Å²) in [6.45, 7) is 5.61. The summed E-state index contributed by atoms with van der Waals surface area (Å²) in [5.74, 6) is 2.45. The normalized spacial score (nSPS) is 16.8. The summed E-state index contributed by atoms with van der Waals surface area (Å²) in [4.78, 5) is 7.04. The first-order chi connectivity index (χ1) is 15.1. The minimum absolute atomic E-state index is 0.232. The molecular weight excluding hydrogens is 392 g/mol. The number of aliphatic imine (C=N–C) groups is 1. The predicted molar refractivity (Wildman–Crippen MR) is 121 cm³/mol. The monoisotopic (exact) mass is 424 g/mol. The van der Waals surface area contributed by atoms with Crippen molar-refractivity contribution in [3.63, 3.8) is 0 Å². The molecule has 2 N–H and O–H groups in total. The summed E-state index contributed by atoms with van der Waals surface area (Å²) in [5.41, 5.74) is 1.71. The van der Waals surface area contributed by atoms with Gasteiger partial charge in [0.2, 0.25) is 0 Å². The van der Waals surface area contributed by atoms with E-state index in [2.05, 4.69) is 31.8 Å². The molecule has 9 heteroatoms. The Morgan fingerprint density at radius 2 is 2.19 bits per heavy atom. The maximum atomic E-state index is 9.46. The Kier molecular flexibility index (Phi) is 8.24. The van der Waals surface area contributed by atoms with Gasteiger partial charge in [0, 0.05) is 46.4 Å². The standard InChI is InChI=1S/C22H32N8O/c1-17-27-28-21(29(17)2)15-25-22(24-11-7-13-31-3)26-19-9-6-12-30(16-19)20-10-5-4-8-18(20)14-23/h4-5,8,10,19H,6-7,9,11-13,15-16H2,1-3H3,(H2,24,25,26). The number of hydrogen-bond donors (Lipinski definition) is 2. The molecule has 1 unspecified atom stereocenters. The van der Waals surface area contributed by atoms with Crippen LogP contribution in [0.15, 0.2) is 29.3 Å². The summed E-state index contributed by atoms with van der Waals surface area (Å²) in [6.07, 6.45) is 3.00. The van der Waals surface area contributed by atoms with Gasteiger partial charge in [-0.25, -0.2) is 4.99 Å². The Morgan fingerprint density at radius 3 is 2.94 bits per heavy atom. The van der Waals surface area contributed by atoms with Gasteiger partial charge in [0.1, 0.15) is 18.4 Å². The van der Waals surface area contributed by atoms with E-state index in [1.165, 1.54) is 0 Å². The van der Waals surface area contributed by atoms with Crippen molar-refractivity contribution in [1.29, 1.82) is 5.26 Å². The molecule has 1 atom stereocenters. The number of guanidine groups is 1. The van der Waals surface area contributed by atoms with Gasteiger partial charge >= 0.3 is 0 Å². The Morgan fingerprint density at radius 1 is 1.35 bits per heavy atom. The number of ether oxygens (including phenoxy) is 1. The van der Waals surface area contributed by atoms with Crippen LogP contribution in [0.2, 0.25) is 0 Å². The highest BCUT2D eigenvalue weighted by molar-refractivity contribution is 5.80. The lowest BCUT2D eigenvalue weighted by atomic mass is 10.0. The average Bonchev–Trinajstić information content (AvgIpc) is 3.12. The molecule has 1 saturated heterocycles. The van der Waals surface area contributed by atoms with Crippen LogP contribution < -0.4 is 15.5 Å². The second-order valence-corrected chi connectivity index (χ2v) is 7.72. The van der Waals surface area contributed by atoms with Gasteiger partial charge in [-0.15, -0.1) is 10.2 Å². The van der Waals surface area contributed by atoms with Gasteiger partial charge in [-0.1, -0.05) is 12.1 Å². The van der Waals surface area contributed by atoms with E-state index in [0.717, 1.165) is 62.2 Å². The maximum Gasteiger partial charge on any atom is 0.191 e. The highest BCUT2D eigenvalue weighted by Gasteiger charge is 2.22. The number of aromatic nitrogens is 3.